The van der Waals surface area contributed by atoms with E-state index in [2.05, 4.69) is 20.9 Å². The van der Waals surface area contributed by atoms with Crippen molar-refractivity contribution in [2.75, 3.05) is 12.3 Å². The van der Waals surface area contributed by atoms with Crippen LogP contribution >= 0.6 is 15.9 Å². The Morgan fingerprint density at radius 2 is 2.42 bits per heavy atom. The van der Waals surface area contributed by atoms with Crippen molar-refractivity contribution in [3.63, 3.8) is 0 Å². The molecule has 1 saturated heterocycles. The number of anilines is 1. The second kappa shape index (κ2) is 5.83. The lowest BCUT2D eigenvalue weighted by atomic mass is 10.2. The Hall–Kier alpha value is -1.22. The standard InChI is InChI=1S/C11H14BrN3O4/c12-2-1-6-4-15(11(18)14-10(6)13)9-3-7(17)8(5-16)19-9/h1-2,4,7-9,16-17H,3,5H2,(H2,13,14,18)/b2-1+/t7?,8-,9-/m1/s1. The summed E-state index contributed by atoms with van der Waals surface area (Å²) in [6.45, 7) is -0.303. The molecule has 4 N–H and O–H groups in total. The lowest BCUT2D eigenvalue weighted by molar-refractivity contribution is -0.0458. The average Bonchev–Trinajstić information content (AvgIpc) is 2.74. The number of rotatable bonds is 3. The van der Waals surface area contributed by atoms with Crippen LogP contribution in [0.2, 0.25) is 0 Å². The Balaban J connectivity index is 2.35. The van der Waals surface area contributed by atoms with Gasteiger partial charge in [0.05, 0.1) is 12.7 Å². The second-order valence-corrected chi connectivity index (χ2v) is 4.71. The topological polar surface area (TPSA) is 111 Å². The maximum atomic E-state index is 11.8. The molecule has 19 heavy (non-hydrogen) atoms. The third-order valence-electron chi connectivity index (χ3n) is 2.95. The zero-order chi connectivity index (χ0) is 14.0. The average molecular weight is 332 g/mol. The second-order valence-electron chi connectivity index (χ2n) is 4.18. The Labute approximate surface area is 117 Å². The van der Waals surface area contributed by atoms with Crippen LogP contribution in [0.25, 0.3) is 6.08 Å². The van der Waals surface area contributed by atoms with Crippen molar-refractivity contribution in [2.45, 2.75) is 24.9 Å². The molecule has 0 amide bonds. The first-order chi connectivity index (χ1) is 9.06. The van der Waals surface area contributed by atoms with Gasteiger partial charge in [0.2, 0.25) is 0 Å². The van der Waals surface area contributed by atoms with Gasteiger partial charge in [0.25, 0.3) is 0 Å². The van der Waals surface area contributed by atoms with Crippen LogP contribution in [-0.4, -0.2) is 38.6 Å². The molecule has 1 aliphatic rings. The predicted octanol–water partition coefficient (Wildman–Crippen LogP) is -0.168. The normalized spacial score (nSPS) is 27.2. The minimum absolute atomic E-state index is 0.120. The third kappa shape index (κ3) is 2.86. The first kappa shape index (κ1) is 14.2. The van der Waals surface area contributed by atoms with Gasteiger partial charge in [0.15, 0.2) is 0 Å². The predicted molar refractivity (Wildman–Crippen MR) is 72.5 cm³/mol. The van der Waals surface area contributed by atoms with Crippen LogP contribution in [0.4, 0.5) is 5.82 Å². The minimum atomic E-state index is -0.811. The van der Waals surface area contributed by atoms with Crippen LogP contribution in [0.3, 0.4) is 0 Å². The molecule has 1 aromatic rings. The highest BCUT2D eigenvalue weighted by Gasteiger charge is 2.35. The largest absolute Gasteiger partial charge is 0.394 e. The van der Waals surface area contributed by atoms with E-state index >= 15 is 0 Å². The molecule has 0 aromatic carbocycles. The van der Waals surface area contributed by atoms with E-state index < -0.39 is 24.1 Å². The van der Waals surface area contributed by atoms with Crippen LogP contribution in [0.15, 0.2) is 16.0 Å². The number of aliphatic hydroxyl groups excluding tert-OH is 2. The van der Waals surface area contributed by atoms with Crippen LogP contribution in [0, 0.1) is 0 Å². The molecule has 2 rings (SSSR count). The Morgan fingerprint density at radius 3 is 3.00 bits per heavy atom. The van der Waals surface area contributed by atoms with Gasteiger partial charge in [0, 0.05) is 18.2 Å². The van der Waals surface area contributed by atoms with Crippen molar-refractivity contribution in [3.05, 3.63) is 27.2 Å². The number of ether oxygens (including phenoxy) is 1. The van der Waals surface area contributed by atoms with Crippen molar-refractivity contribution >= 4 is 27.8 Å². The number of hydrogen-bond acceptors (Lipinski definition) is 6. The molecular formula is C11H14BrN3O4. The molecule has 0 spiro atoms. The van der Waals surface area contributed by atoms with E-state index in [-0.39, 0.29) is 18.8 Å². The highest BCUT2D eigenvalue weighted by atomic mass is 79.9. The van der Waals surface area contributed by atoms with Gasteiger partial charge < -0.3 is 20.7 Å². The lowest BCUT2D eigenvalue weighted by Crippen LogP contribution is -2.28. The summed E-state index contributed by atoms with van der Waals surface area (Å²) in [5, 5.41) is 18.7. The van der Waals surface area contributed by atoms with E-state index in [1.54, 1.807) is 11.1 Å². The van der Waals surface area contributed by atoms with Gasteiger partial charge in [-0.25, -0.2) is 4.79 Å². The molecular weight excluding hydrogens is 318 g/mol. The van der Waals surface area contributed by atoms with E-state index in [1.165, 1.54) is 10.8 Å². The summed E-state index contributed by atoms with van der Waals surface area (Å²) >= 11 is 3.12. The van der Waals surface area contributed by atoms with Gasteiger partial charge in [-0.05, 0) is 11.1 Å². The summed E-state index contributed by atoms with van der Waals surface area (Å²) < 4.78 is 6.67. The maximum absolute atomic E-state index is 11.8. The number of nitrogen functional groups attached to an aromatic ring is 1. The van der Waals surface area contributed by atoms with Crippen molar-refractivity contribution in [3.8, 4) is 0 Å². The van der Waals surface area contributed by atoms with Crippen molar-refractivity contribution < 1.29 is 14.9 Å². The number of halogens is 1. The molecule has 0 bridgehead atoms. The number of aromatic nitrogens is 2. The van der Waals surface area contributed by atoms with Crippen LogP contribution in [0.5, 0.6) is 0 Å². The third-order valence-corrected chi connectivity index (χ3v) is 3.21. The number of aliphatic hydroxyl groups is 2. The maximum Gasteiger partial charge on any atom is 0.351 e. The van der Waals surface area contributed by atoms with Gasteiger partial charge in [0.1, 0.15) is 18.1 Å². The highest BCUT2D eigenvalue weighted by molar-refractivity contribution is 9.11. The molecule has 104 valence electrons. The van der Waals surface area contributed by atoms with Gasteiger partial charge in [-0.3, -0.25) is 4.57 Å². The zero-order valence-electron chi connectivity index (χ0n) is 9.94. The molecule has 7 nitrogen and oxygen atoms in total. The Kier molecular flexibility index (Phi) is 4.35. The Morgan fingerprint density at radius 1 is 1.68 bits per heavy atom. The summed E-state index contributed by atoms with van der Waals surface area (Å²) in [5.74, 6) is 0.120. The van der Waals surface area contributed by atoms with Gasteiger partial charge in [-0.1, -0.05) is 15.9 Å². The van der Waals surface area contributed by atoms with Gasteiger partial charge >= 0.3 is 5.69 Å². The van der Waals surface area contributed by atoms with Crippen molar-refractivity contribution in [1.29, 1.82) is 0 Å². The fourth-order valence-corrected chi connectivity index (χ4v) is 2.23. The first-order valence-electron chi connectivity index (χ1n) is 5.66. The fourth-order valence-electron chi connectivity index (χ4n) is 1.95. The van der Waals surface area contributed by atoms with E-state index in [0.29, 0.717) is 5.56 Å². The molecule has 1 aromatic heterocycles. The van der Waals surface area contributed by atoms with E-state index in [9.17, 15) is 9.90 Å². The lowest BCUT2D eigenvalue weighted by Gasteiger charge is -2.15. The first-order valence-corrected chi connectivity index (χ1v) is 6.58. The molecule has 0 saturated carbocycles. The molecule has 1 aliphatic heterocycles. The van der Waals surface area contributed by atoms with E-state index in [0.717, 1.165) is 0 Å². The number of nitrogens with two attached hydrogens (primary N) is 1. The highest BCUT2D eigenvalue weighted by Crippen LogP contribution is 2.27. The smallest absolute Gasteiger partial charge is 0.351 e. The molecule has 1 fully saturated rings. The van der Waals surface area contributed by atoms with E-state index in [4.69, 9.17) is 15.6 Å². The number of hydrogen-bond donors (Lipinski definition) is 3. The molecule has 1 unspecified atom stereocenters. The minimum Gasteiger partial charge on any atom is -0.394 e. The molecule has 0 aliphatic carbocycles. The molecule has 0 radical (unpaired) electrons. The number of nitrogens with zero attached hydrogens (tertiary/aromatic N) is 2. The van der Waals surface area contributed by atoms with Crippen LogP contribution in [-0.2, 0) is 4.74 Å². The van der Waals surface area contributed by atoms with Gasteiger partial charge in [-0.2, -0.15) is 4.98 Å². The van der Waals surface area contributed by atoms with E-state index in [1.807, 2.05) is 0 Å². The summed E-state index contributed by atoms with van der Waals surface area (Å²) in [4.78, 5) is 17.1. The fraction of sp³-hybridized carbons (Fsp3) is 0.455. The molecule has 2 heterocycles. The monoisotopic (exact) mass is 331 g/mol. The molecule has 8 heteroatoms. The van der Waals surface area contributed by atoms with Crippen molar-refractivity contribution in [2.24, 2.45) is 0 Å². The SMILES string of the molecule is Nc1nc(=O)n([C@H]2CC(O)[C@@H](CO)O2)cc1/C=C/Br. The zero-order valence-corrected chi connectivity index (χ0v) is 11.5. The summed E-state index contributed by atoms with van der Waals surface area (Å²) in [5.41, 5.74) is 5.63. The summed E-state index contributed by atoms with van der Waals surface area (Å²) in [6, 6.07) is 0. The van der Waals surface area contributed by atoms with Crippen LogP contribution < -0.4 is 11.4 Å². The Bertz CT molecular complexity index is 545. The van der Waals surface area contributed by atoms with Crippen molar-refractivity contribution in [1.82, 2.24) is 9.55 Å². The van der Waals surface area contributed by atoms with Gasteiger partial charge in [-0.15, -0.1) is 0 Å². The summed E-state index contributed by atoms with van der Waals surface area (Å²) in [7, 11) is 0. The molecule has 3 atom stereocenters. The van der Waals surface area contributed by atoms with Crippen LogP contribution in [0.1, 0.15) is 18.2 Å². The summed E-state index contributed by atoms with van der Waals surface area (Å²) in [6.07, 6.45) is 1.22. The quantitative estimate of drug-likeness (QED) is 0.709.